The Labute approximate surface area is 672 Å². The Hall–Kier alpha value is -12.1. The topological polar surface area (TPSA) is 428 Å². The largest absolute Gasteiger partial charge is 0.480 e. The van der Waals surface area contributed by atoms with Crippen LogP contribution in [-0.4, -0.2) is 150 Å². The number of nitrogens with zero attached hydrogens (tertiary/aromatic N) is 9. The molecule has 0 unspecified atom stereocenters. The highest BCUT2D eigenvalue weighted by Crippen LogP contribution is 2.24. The maximum Gasteiger partial charge on any atom is 0.409 e. The summed E-state index contributed by atoms with van der Waals surface area (Å²) in [6.45, 7) is 12.8. The number of rotatable bonds is 7. The molecular weight excluding hydrogens is 1630 g/mol. The second kappa shape index (κ2) is 38.0. The third-order valence-electron chi connectivity index (χ3n) is 16.4. The highest BCUT2D eigenvalue weighted by atomic mass is 32.2. The molecule has 10 aromatic heterocycles. The van der Waals surface area contributed by atoms with Gasteiger partial charge in [-0.1, -0.05) is 95.3 Å². The van der Waals surface area contributed by atoms with Crippen molar-refractivity contribution in [1.82, 2.24) is 58.4 Å². The van der Waals surface area contributed by atoms with Crippen LogP contribution in [0.5, 0.6) is 0 Å². The van der Waals surface area contributed by atoms with Crippen LogP contribution in [0, 0.1) is 34.6 Å². The summed E-state index contributed by atoms with van der Waals surface area (Å²) in [6, 6.07) is 42.2. The molecule has 1 fully saturated rings. The molecule has 114 heavy (non-hydrogen) atoms. The number of sulfonamides is 1. The number of benzene rings is 5. The summed E-state index contributed by atoms with van der Waals surface area (Å²) in [5.74, 6) is -2.40. The molecule has 40 heteroatoms. The Bertz CT molecular complexity index is 6680. The molecule has 2 aliphatic rings. The molecule has 3 amide bonds. The molecule has 12 heterocycles. The van der Waals surface area contributed by atoms with Gasteiger partial charge in [0, 0.05) is 43.3 Å². The van der Waals surface area contributed by atoms with Gasteiger partial charge in [0.25, 0.3) is 54.8 Å². The zero-order valence-electron chi connectivity index (χ0n) is 61.6. The lowest BCUT2D eigenvalue weighted by Crippen LogP contribution is -2.52. The van der Waals surface area contributed by atoms with E-state index in [0.29, 0.717) is 64.5 Å². The van der Waals surface area contributed by atoms with Crippen molar-refractivity contribution in [1.29, 1.82) is 0 Å². The van der Waals surface area contributed by atoms with E-state index >= 15 is 0 Å². The zero-order chi connectivity index (χ0) is 82.2. The second-order valence-corrected chi connectivity index (χ2v) is 32.5. The van der Waals surface area contributed by atoms with Gasteiger partial charge >= 0.3 is 30.0 Å². The van der Waals surface area contributed by atoms with Gasteiger partial charge in [-0.25, -0.2) is 37.7 Å². The molecular formula is C74H69N13O19S8. The van der Waals surface area contributed by atoms with Crippen molar-refractivity contribution in [2.45, 2.75) is 66.1 Å². The van der Waals surface area contributed by atoms with Crippen LogP contribution in [0.2, 0.25) is 0 Å². The lowest BCUT2D eigenvalue weighted by atomic mass is 10.2. The van der Waals surface area contributed by atoms with E-state index in [9.17, 15) is 70.7 Å². The lowest BCUT2D eigenvalue weighted by Gasteiger charge is -2.33. The van der Waals surface area contributed by atoms with E-state index in [1.807, 2.05) is 112 Å². The van der Waals surface area contributed by atoms with Crippen molar-refractivity contribution in [3.63, 3.8) is 0 Å². The summed E-state index contributed by atoms with van der Waals surface area (Å²) in [6.07, 6.45) is -0.362. The number of carbonyl (C=O) groups is 6. The number of esters is 2. The third-order valence-corrected chi connectivity index (χ3v) is 24.4. The Morgan fingerprint density at radius 2 is 0.921 bits per heavy atom. The van der Waals surface area contributed by atoms with Gasteiger partial charge in [-0.3, -0.25) is 77.7 Å². The molecule has 15 aromatic rings. The smallest absolute Gasteiger partial charge is 0.409 e. The van der Waals surface area contributed by atoms with Gasteiger partial charge in [0.1, 0.15) is 39.0 Å². The van der Waals surface area contributed by atoms with Crippen molar-refractivity contribution in [2.75, 3.05) is 47.0 Å². The van der Waals surface area contributed by atoms with E-state index in [1.165, 1.54) is 111 Å². The van der Waals surface area contributed by atoms with Crippen molar-refractivity contribution < 1.29 is 56.5 Å². The number of aryl methyl sites for hydroxylation is 5. The summed E-state index contributed by atoms with van der Waals surface area (Å²) in [4.78, 5) is 167. The minimum atomic E-state index is -3.55. The fraction of sp³-hybridized carbons (Fsp3) is 0.216. The molecule has 592 valence electrons. The van der Waals surface area contributed by atoms with Gasteiger partial charge in [-0.05, 0) is 184 Å². The number of carbonyl (C=O) groups excluding carboxylic acids is 5. The van der Waals surface area contributed by atoms with E-state index < -0.39 is 33.8 Å². The molecule has 0 spiro atoms. The molecule has 0 saturated carbocycles. The predicted octanol–water partition coefficient (Wildman–Crippen LogP) is 10.0. The Morgan fingerprint density at radius 3 is 1.46 bits per heavy atom. The van der Waals surface area contributed by atoms with Crippen LogP contribution in [0.25, 0.3) is 71.0 Å². The van der Waals surface area contributed by atoms with Gasteiger partial charge in [0.15, 0.2) is 0 Å². The molecule has 17 rings (SSSR count). The van der Waals surface area contributed by atoms with Crippen LogP contribution in [0.4, 0.5) is 9.59 Å². The average molecular weight is 1700 g/mol. The normalized spacial score (nSPS) is 12.3. The van der Waals surface area contributed by atoms with E-state index in [0.717, 1.165) is 79.0 Å². The number of methoxy groups -OCH3 is 2. The third kappa shape index (κ3) is 20.4. The van der Waals surface area contributed by atoms with Crippen LogP contribution in [0.1, 0.15) is 45.5 Å². The van der Waals surface area contributed by atoms with Crippen molar-refractivity contribution in [3.05, 3.63) is 252 Å². The molecule has 5 aromatic carbocycles. The van der Waals surface area contributed by atoms with Gasteiger partial charge in [-0.15, -0.1) is 0 Å². The summed E-state index contributed by atoms with van der Waals surface area (Å²) >= 11 is 8.73. The van der Waals surface area contributed by atoms with Crippen LogP contribution in [-0.2, 0) is 58.3 Å². The van der Waals surface area contributed by atoms with Gasteiger partial charge in [0.05, 0.1) is 82.9 Å². The number of hydrogen-bond acceptors (Lipinski definition) is 28. The molecule has 0 aliphatic carbocycles. The molecule has 1 saturated heterocycles. The fourth-order valence-corrected chi connectivity index (χ4v) is 18.5. The van der Waals surface area contributed by atoms with Crippen LogP contribution < -0.4 is 43.6 Å². The zero-order valence-corrected chi connectivity index (χ0v) is 68.1. The highest BCUT2D eigenvalue weighted by molar-refractivity contribution is 7.90. The van der Waals surface area contributed by atoms with E-state index in [4.69, 9.17) is 9.84 Å². The standard InChI is InChI=1S/C15H17N3O4S.C11H12N2O3S.C10H9NO3S.C9H7NO3S.C8H8N2OS.C7H6N2OS.C7H5NO3S.C7H5NOS/c1-2-22-15(21)17-9-7-16(8-10-17)14(20)18-13(19)11-5-3-4-6-12(11)23-18;1-6-4-7(2)12-10-9(6)11(15)13(17-10)5-8(14)16-3;1-14-9(12)6-11-10(13)7-4-2-3-5-8(7)15-11;11-8(12)5-10-9(13)6-3-1-2-4-7(6)14-10;1-4-3-5(2)9-8-6(4)7(11)10-12-8;1-4-2-3-5-6(10)9-11-7(5)8-4;9-7-5-3-1-2-4-6(5)12(10,11)8-7;9-7-5-3-1-2-4-6(5)10-8-7/h3-6H,2,7-10H2,1H3;4H,5H2,1-3H3;2-5H,6H2,1H3;1-4H,5H2,(H,11,12);3H,1-2H3,(H,10,11);2-3H,1H3,(H,9,10);1-4H,(H,8,9);1-4H,(H,8,9). The number of fused-ring (bicyclic) bond motifs is 8. The maximum absolute atomic E-state index is 12.6. The SMILES string of the molecule is CCOC(=O)N1CCN(C(=O)n2sc3ccccc3c2=O)CC1.COC(=O)Cn1sc2ccccc2c1=O.COC(=O)Cn1sc2nc(C)cc(C)c2c1=O.Cc1cc(C)c2c(=O)[nH]sc2n1.Cc1ccc2c(=O)[nH]sc2n1.O=C(O)Cn1sc2ccccc2c1=O.O=C1NS(=O)(=O)c2ccccc21.O=c1[nH]sc2ccccc12. The number of carboxylic acid groups (broad SMARTS) is 1. The van der Waals surface area contributed by atoms with E-state index in [-0.39, 0.29) is 81.1 Å². The highest BCUT2D eigenvalue weighted by Gasteiger charge is 2.32. The van der Waals surface area contributed by atoms with E-state index in [2.05, 4.69) is 37.5 Å². The number of carboxylic acids is 1. The number of amides is 3. The number of pyridine rings is 3. The van der Waals surface area contributed by atoms with Crippen molar-refractivity contribution in [2.24, 2.45) is 0 Å². The summed E-state index contributed by atoms with van der Waals surface area (Å²) in [5, 5.41) is 13.1. The summed E-state index contributed by atoms with van der Waals surface area (Å²) < 4.78 is 54.8. The number of H-pyrrole nitrogens is 3. The molecule has 0 bridgehead atoms. The van der Waals surface area contributed by atoms with Gasteiger partial charge in [-0.2, -0.15) is 3.96 Å². The monoisotopic (exact) mass is 1700 g/mol. The first-order valence-corrected chi connectivity index (χ1v) is 41.0. The van der Waals surface area contributed by atoms with Crippen molar-refractivity contribution in [3.8, 4) is 0 Å². The number of aliphatic carboxylic acids is 1. The van der Waals surface area contributed by atoms with Crippen LogP contribution in [0.15, 0.2) is 184 Å². The lowest BCUT2D eigenvalue weighted by molar-refractivity contribution is -0.142. The number of ether oxygens (including phenoxy) is 3. The Balaban J connectivity index is 0.000000140. The summed E-state index contributed by atoms with van der Waals surface area (Å²) in [7, 11) is -0.948. The molecule has 2 aliphatic heterocycles. The number of piperazine rings is 1. The first-order valence-electron chi connectivity index (χ1n) is 33.9. The quantitative estimate of drug-likeness (QED) is 0.0731. The first-order chi connectivity index (χ1) is 54.5. The molecule has 0 atom stereocenters. The number of nitrogens with one attached hydrogen (secondary N) is 4. The fourth-order valence-electron chi connectivity index (χ4n) is 11.0. The maximum atomic E-state index is 12.6. The van der Waals surface area contributed by atoms with Crippen LogP contribution in [0.3, 0.4) is 0 Å². The van der Waals surface area contributed by atoms with Gasteiger partial charge < -0.3 is 29.1 Å². The predicted molar refractivity (Wildman–Crippen MR) is 442 cm³/mol. The van der Waals surface area contributed by atoms with E-state index in [1.54, 1.807) is 77.4 Å². The first kappa shape index (κ1) is 84.4. The average Bonchev–Trinajstić information content (AvgIpc) is 1.63. The Morgan fingerprint density at radius 1 is 0.465 bits per heavy atom. The molecule has 5 N–H and O–H groups in total. The summed E-state index contributed by atoms with van der Waals surface area (Å²) in [5.41, 5.74) is 3.97. The number of aromatic nitrogens is 10. The van der Waals surface area contributed by atoms with Crippen molar-refractivity contribution >= 4 is 198 Å². The molecule has 0 radical (unpaired) electrons. The van der Waals surface area contributed by atoms with Gasteiger partial charge in [0.2, 0.25) is 0 Å². The Kier molecular flexibility index (Phi) is 28.1. The minimum Gasteiger partial charge on any atom is -0.480 e. The second-order valence-electron chi connectivity index (χ2n) is 24.3. The van der Waals surface area contributed by atoms with Crippen LogP contribution >= 0.6 is 80.7 Å². The molecule has 32 nitrogen and oxygen atoms in total. The number of aromatic amines is 3. The number of hydrogen-bond donors (Lipinski definition) is 5. The minimum absolute atomic E-state index is 0.0144.